The van der Waals surface area contributed by atoms with Crippen LogP contribution in [0.3, 0.4) is 0 Å². The van der Waals surface area contributed by atoms with Gasteiger partial charge in [0.2, 0.25) is 5.91 Å². The van der Waals surface area contributed by atoms with Crippen molar-refractivity contribution in [3.05, 3.63) is 53.1 Å². The minimum Gasteiger partial charge on any atom is -0.497 e. The van der Waals surface area contributed by atoms with Crippen LogP contribution in [0.1, 0.15) is 85.7 Å². The average Bonchev–Trinajstić information content (AvgIpc) is 3.66. The maximum atomic E-state index is 14.5. The van der Waals surface area contributed by atoms with Crippen LogP contribution in [-0.2, 0) is 16.1 Å². The predicted molar refractivity (Wildman–Crippen MR) is 155 cm³/mol. The van der Waals surface area contributed by atoms with Crippen LogP contribution in [-0.4, -0.2) is 58.9 Å². The van der Waals surface area contributed by atoms with Crippen LogP contribution in [0.4, 0.5) is 0 Å². The molecule has 8 nitrogen and oxygen atoms in total. The number of nitrogens with zero attached hydrogens (tertiary/aromatic N) is 2. The lowest BCUT2D eigenvalue weighted by Crippen LogP contribution is -2.51. The van der Waals surface area contributed by atoms with Gasteiger partial charge in [0.25, 0.3) is 5.91 Å². The van der Waals surface area contributed by atoms with E-state index >= 15 is 0 Å². The average molecular weight is 558 g/mol. The molecule has 2 aromatic carbocycles. The number of carbonyl (C=O) groups excluding carboxylic acids is 2. The molecule has 2 amide bonds. The number of hydrogen-bond donors (Lipinski definition) is 2. The lowest BCUT2D eigenvalue weighted by molar-refractivity contribution is -0.149. The minimum atomic E-state index is -0.575. The highest BCUT2D eigenvalue weighted by Crippen LogP contribution is 2.66. The molecule has 4 atom stereocenters. The fourth-order valence-electron chi connectivity index (χ4n) is 8.15. The van der Waals surface area contributed by atoms with Gasteiger partial charge in [-0.15, -0.1) is 0 Å². The van der Waals surface area contributed by atoms with E-state index in [4.69, 9.17) is 9.47 Å². The number of fused-ring (bicyclic) bond motifs is 7. The zero-order valence-corrected chi connectivity index (χ0v) is 24.1. The van der Waals surface area contributed by atoms with E-state index in [9.17, 15) is 14.8 Å². The maximum absolute atomic E-state index is 14.5. The van der Waals surface area contributed by atoms with Gasteiger partial charge >= 0.3 is 0 Å². The zero-order valence-electron chi connectivity index (χ0n) is 24.1. The molecule has 0 radical (unpaired) electrons. The molecule has 2 unspecified atom stereocenters. The van der Waals surface area contributed by atoms with Crippen molar-refractivity contribution in [3.8, 4) is 17.0 Å². The number of amides is 2. The Morgan fingerprint density at radius 3 is 2.51 bits per heavy atom. The predicted octanol–water partition coefficient (Wildman–Crippen LogP) is 5.61. The lowest BCUT2D eigenvalue weighted by atomic mass is 9.81. The number of nitrogens with one attached hydrogen (secondary N) is 1. The van der Waals surface area contributed by atoms with E-state index in [1.165, 1.54) is 36.1 Å². The van der Waals surface area contributed by atoms with Crippen LogP contribution in [0.5, 0.6) is 5.75 Å². The van der Waals surface area contributed by atoms with Gasteiger partial charge in [-0.2, -0.15) is 0 Å². The third kappa shape index (κ3) is 4.17. The Kier molecular flexibility index (Phi) is 6.39. The summed E-state index contributed by atoms with van der Waals surface area (Å²) in [6, 6.07) is 12.1. The van der Waals surface area contributed by atoms with Crippen LogP contribution >= 0.6 is 0 Å². The quantitative estimate of drug-likeness (QED) is 0.322. The summed E-state index contributed by atoms with van der Waals surface area (Å²) in [6.45, 7) is 5.81. The normalized spacial score (nSPS) is 27.4. The molecule has 2 saturated carbocycles. The monoisotopic (exact) mass is 557 g/mol. The van der Waals surface area contributed by atoms with E-state index in [1.807, 2.05) is 36.9 Å². The Morgan fingerprint density at radius 2 is 1.80 bits per heavy atom. The second-order valence-corrected chi connectivity index (χ2v) is 12.7. The second-order valence-electron chi connectivity index (χ2n) is 12.7. The number of hydrogen-bond acceptors (Lipinski definition) is 5. The Labute approximate surface area is 240 Å². The summed E-state index contributed by atoms with van der Waals surface area (Å²) in [6.07, 6.45) is 6.70. The molecule has 1 saturated heterocycles. The van der Waals surface area contributed by atoms with Crippen LogP contribution < -0.4 is 10.2 Å². The number of benzene rings is 2. The highest BCUT2D eigenvalue weighted by Gasteiger charge is 2.64. The first-order chi connectivity index (χ1) is 19.8. The number of carbonyl (C=O) groups is 2. The van der Waals surface area contributed by atoms with E-state index in [2.05, 4.69) is 16.7 Å². The van der Waals surface area contributed by atoms with Crippen LogP contribution in [0.15, 0.2) is 36.4 Å². The molecule has 7 rings (SSSR count). The smallest absolute Gasteiger partial charge is 0.274 e. The summed E-state index contributed by atoms with van der Waals surface area (Å²) in [5.41, 5.74) is 7.42. The largest absolute Gasteiger partial charge is 0.497 e. The van der Waals surface area contributed by atoms with Crippen molar-refractivity contribution in [1.29, 1.82) is 0 Å². The number of rotatable bonds is 4. The van der Waals surface area contributed by atoms with Crippen molar-refractivity contribution in [2.45, 2.75) is 83.0 Å². The van der Waals surface area contributed by atoms with Crippen molar-refractivity contribution in [2.75, 3.05) is 20.2 Å². The Bertz CT molecular complexity index is 1530. The lowest BCUT2D eigenvalue weighted by Gasteiger charge is -2.37. The number of morpholine rings is 1. The molecule has 2 aliphatic carbocycles. The topological polar surface area (TPSA) is 93.0 Å². The van der Waals surface area contributed by atoms with E-state index in [1.54, 1.807) is 18.7 Å². The van der Waals surface area contributed by atoms with Gasteiger partial charge in [0, 0.05) is 47.6 Å². The Hall–Kier alpha value is -3.36. The van der Waals surface area contributed by atoms with Crippen molar-refractivity contribution in [3.63, 3.8) is 0 Å². The summed E-state index contributed by atoms with van der Waals surface area (Å²) in [7, 11) is 1.69. The third-order valence-electron chi connectivity index (χ3n) is 10.0. The second kappa shape index (κ2) is 9.88. The van der Waals surface area contributed by atoms with Crippen LogP contribution in [0, 0.1) is 5.41 Å². The van der Waals surface area contributed by atoms with E-state index in [0.717, 1.165) is 41.5 Å². The summed E-state index contributed by atoms with van der Waals surface area (Å²) in [5, 5.41) is 10.5. The van der Waals surface area contributed by atoms with Gasteiger partial charge < -0.3 is 18.9 Å². The SMILES string of the molecule is COc1ccc2c(c1)C1CC1(C(=O)N1C[C@@H](C)O[C@@H](C)C1)Cn1c-2c(C2CCCCC2)c2ccc(C(=O)NO)cc21. The van der Waals surface area contributed by atoms with Crippen molar-refractivity contribution >= 4 is 22.7 Å². The maximum Gasteiger partial charge on any atom is 0.274 e. The molecular formula is C33H39N3O5. The van der Waals surface area contributed by atoms with Crippen molar-refractivity contribution in [2.24, 2.45) is 5.41 Å². The summed E-state index contributed by atoms with van der Waals surface area (Å²) in [5.74, 6) is 0.961. The van der Waals surface area contributed by atoms with Gasteiger partial charge in [-0.05, 0) is 80.5 Å². The molecule has 3 fully saturated rings. The minimum absolute atomic E-state index is 0.00474. The fourth-order valence-corrected chi connectivity index (χ4v) is 8.15. The number of aromatic nitrogens is 1. The van der Waals surface area contributed by atoms with Crippen LogP contribution in [0.25, 0.3) is 22.2 Å². The van der Waals surface area contributed by atoms with Gasteiger partial charge in [0.1, 0.15) is 5.75 Å². The van der Waals surface area contributed by atoms with E-state index < -0.39 is 11.3 Å². The fraction of sp³-hybridized carbons (Fsp3) is 0.515. The van der Waals surface area contributed by atoms with Gasteiger partial charge in [0.05, 0.1) is 30.4 Å². The first kappa shape index (κ1) is 26.5. The first-order valence-corrected chi connectivity index (χ1v) is 15.1. The Balaban J connectivity index is 1.46. The van der Waals surface area contributed by atoms with Gasteiger partial charge in [-0.25, -0.2) is 5.48 Å². The molecule has 0 spiro atoms. The summed E-state index contributed by atoms with van der Waals surface area (Å²) >= 11 is 0. The third-order valence-corrected chi connectivity index (χ3v) is 10.0. The molecule has 41 heavy (non-hydrogen) atoms. The van der Waals surface area contributed by atoms with Gasteiger partial charge in [-0.3, -0.25) is 14.8 Å². The zero-order chi connectivity index (χ0) is 28.5. The summed E-state index contributed by atoms with van der Waals surface area (Å²) in [4.78, 5) is 29.1. The first-order valence-electron chi connectivity index (χ1n) is 15.1. The molecule has 8 heteroatoms. The Morgan fingerprint density at radius 1 is 1.05 bits per heavy atom. The van der Waals surface area contributed by atoms with Gasteiger partial charge in [-0.1, -0.05) is 25.3 Å². The van der Waals surface area contributed by atoms with Crippen molar-refractivity contribution < 1.29 is 24.3 Å². The molecule has 216 valence electrons. The molecule has 4 aliphatic rings. The highest BCUT2D eigenvalue weighted by molar-refractivity contribution is 6.01. The summed E-state index contributed by atoms with van der Waals surface area (Å²) < 4.78 is 14.0. The molecule has 3 heterocycles. The number of ether oxygens (including phenoxy) is 2. The number of methoxy groups -OCH3 is 1. The molecular weight excluding hydrogens is 518 g/mol. The number of hydroxylamine groups is 1. The molecule has 0 bridgehead atoms. The van der Waals surface area contributed by atoms with Gasteiger partial charge in [0.15, 0.2) is 0 Å². The van der Waals surface area contributed by atoms with E-state index in [-0.39, 0.29) is 24.0 Å². The standard InChI is InChI=1S/C33H39N3O5/c1-19-16-35(17-20(2)41-19)32(38)33-15-27(33)26-14-23(40-3)10-12-24(26)30-29(21-7-5-4-6-8-21)25-11-9-22(31(37)34-39)13-28(25)36(30)18-33/h9-14,19-21,27,39H,4-8,15-18H2,1-3H3,(H,34,37)/t19-,20+,27?,33?. The molecule has 2 aliphatic heterocycles. The highest BCUT2D eigenvalue weighted by atomic mass is 16.5. The molecule has 2 N–H and O–H groups in total. The van der Waals surface area contributed by atoms with Crippen molar-refractivity contribution in [1.82, 2.24) is 14.9 Å². The van der Waals surface area contributed by atoms with Crippen LogP contribution in [0.2, 0.25) is 0 Å². The van der Waals surface area contributed by atoms with E-state index in [0.29, 0.717) is 31.1 Å². The molecule has 1 aromatic heterocycles. The molecule has 3 aromatic rings.